The van der Waals surface area contributed by atoms with Gasteiger partial charge in [0, 0.05) is 18.6 Å². The summed E-state index contributed by atoms with van der Waals surface area (Å²) in [5, 5.41) is 0. The van der Waals surface area contributed by atoms with Gasteiger partial charge in [0.15, 0.2) is 6.80 Å². The van der Waals surface area contributed by atoms with Crippen LogP contribution in [0.5, 0.6) is 0 Å². The molecule has 1 atom stereocenters. The minimum atomic E-state index is -0.672. The van der Waals surface area contributed by atoms with Gasteiger partial charge in [-0.1, -0.05) is 0 Å². The molecule has 1 rings (SSSR count). The molecule has 1 amide bonds. The molecular formula is C12H23FN2O. The number of hydrogen-bond acceptors (Lipinski definition) is 2. The molecule has 0 N–H and O–H groups in total. The van der Waals surface area contributed by atoms with Crippen LogP contribution in [0.15, 0.2) is 0 Å². The van der Waals surface area contributed by atoms with E-state index >= 15 is 0 Å². The van der Waals surface area contributed by atoms with Gasteiger partial charge in [0.2, 0.25) is 5.91 Å². The highest BCUT2D eigenvalue weighted by Gasteiger charge is 2.33. The Bertz CT molecular complexity index is 243. The van der Waals surface area contributed by atoms with Crippen LogP contribution in [0.3, 0.4) is 0 Å². The molecule has 0 saturated carbocycles. The highest BCUT2D eigenvalue weighted by Crippen LogP contribution is 2.21. The van der Waals surface area contributed by atoms with E-state index in [-0.39, 0.29) is 17.9 Å². The van der Waals surface area contributed by atoms with Crippen molar-refractivity contribution in [2.24, 2.45) is 5.92 Å². The minimum absolute atomic E-state index is 0.0134. The average molecular weight is 230 g/mol. The fraction of sp³-hybridized carbons (Fsp3) is 0.917. The highest BCUT2D eigenvalue weighted by molar-refractivity contribution is 5.79. The van der Waals surface area contributed by atoms with E-state index in [9.17, 15) is 9.18 Å². The maximum atomic E-state index is 12.8. The summed E-state index contributed by atoms with van der Waals surface area (Å²) in [5.74, 6) is -0.0406. The first-order chi connectivity index (χ1) is 7.47. The first kappa shape index (κ1) is 13.4. The number of alkyl halides is 1. The number of carbonyl (C=O) groups excluding carboxylic acids is 1. The van der Waals surface area contributed by atoms with E-state index in [0.717, 1.165) is 19.5 Å². The fourth-order valence-corrected chi connectivity index (χ4v) is 2.14. The van der Waals surface area contributed by atoms with Crippen LogP contribution in [-0.4, -0.2) is 47.7 Å². The van der Waals surface area contributed by atoms with Crippen LogP contribution in [-0.2, 0) is 4.79 Å². The number of nitrogens with zero attached hydrogens (tertiary/aromatic N) is 2. The van der Waals surface area contributed by atoms with Crippen molar-refractivity contribution in [3.63, 3.8) is 0 Å². The summed E-state index contributed by atoms with van der Waals surface area (Å²) in [5.41, 5.74) is 0. The molecule has 0 radical (unpaired) electrons. The Hall–Kier alpha value is -0.640. The first-order valence-electron chi connectivity index (χ1n) is 6.07. The average Bonchev–Trinajstić information content (AvgIpc) is 2.66. The summed E-state index contributed by atoms with van der Waals surface area (Å²) in [6.45, 7) is 9.02. The van der Waals surface area contributed by atoms with Gasteiger partial charge < -0.3 is 9.80 Å². The van der Waals surface area contributed by atoms with Gasteiger partial charge in [0.05, 0.1) is 5.92 Å². The van der Waals surface area contributed by atoms with Crippen LogP contribution >= 0.6 is 0 Å². The van der Waals surface area contributed by atoms with E-state index in [4.69, 9.17) is 0 Å². The number of likely N-dealkylation sites (tertiary alicyclic amines) is 1. The van der Waals surface area contributed by atoms with Crippen LogP contribution in [0.1, 0.15) is 34.1 Å². The van der Waals surface area contributed by atoms with Gasteiger partial charge in [-0.2, -0.15) is 0 Å². The molecule has 4 heteroatoms. The van der Waals surface area contributed by atoms with E-state index in [0.29, 0.717) is 6.04 Å². The number of rotatable bonds is 4. The van der Waals surface area contributed by atoms with Crippen molar-refractivity contribution in [1.82, 2.24) is 9.80 Å². The van der Waals surface area contributed by atoms with Crippen molar-refractivity contribution in [3.05, 3.63) is 0 Å². The molecular weight excluding hydrogens is 207 g/mol. The molecule has 16 heavy (non-hydrogen) atoms. The topological polar surface area (TPSA) is 23.6 Å². The first-order valence-corrected chi connectivity index (χ1v) is 6.07. The number of amides is 1. The Balaban J connectivity index is 2.56. The largest absolute Gasteiger partial charge is 0.312 e. The lowest BCUT2D eigenvalue weighted by Crippen LogP contribution is -2.41. The standard InChI is InChI=1S/C12H23FN2O/c1-9(2)14-6-5-11(7-14)12(16)15(8-13)10(3)4/h9-11H,5-8H2,1-4H3. The Morgan fingerprint density at radius 3 is 2.44 bits per heavy atom. The smallest absolute Gasteiger partial charge is 0.229 e. The van der Waals surface area contributed by atoms with Crippen LogP contribution in [0.2, 0.25) is 0 Å². The molecule has 94 valence electrons. The number of halogens is 1. The summed E-state index contributed by atoms with van der Waals surface area (Å²) in [7, 11) is 0. The van der Waals surface area contributed by atoms with Gasteiger partial charge in [-0.3, -0.25) is 4.79 Å². The number of hydrogen-bond donors (Lipinski definition) is 0. The normalized spacial score (nSPS) is 22.1. The minimum Gasteiger partial charge on any atom is -0.312 e. The van der Waals surface area contributed by atoms with E-state index in [1.807, 2.05) is 13.8 Å². The predicted molar refractivity (Wildman–Crippen MR) is 62.8 cm³/mol. The second kappa shape index (κ2) is 5.62. The molecule has 1 saturated heterocycles. The van der Waals surface area contributed by atoms with E-state index in [1.165, 1.54) is 4.90 Å². The lowest BCUT2D eigenvalue weighted by molar-refractivity contribution is -0.139. The van der Waals surface area contributed by atoms with Crippen molar-refractivity contribution in [2.75, 3.05) is 19.9 Å². The van der Waals surface area contributed by atoms with Crippen molar-refractivity contribution in [2.45, 2.75) is 46.2 Å². The van der Waals surface area contributed by atoms with Gasteiger partial charge in [0.25, 0.3) is 0 Å². The Labute approximate surface area is 97.6 Å². The van der Waals surface area contributed by atoms with Crippen LogP contribution in [0.4, 0.5) is 4.39 Å². The molecule has 0 aromatic heterocycles. The quantitative estimate of drug-likeness (QED) is 0.688. The molecule has 1 aliphatic heterocycles. The van der Waals surface area contributed by atoms with Gasteiger partial charge in [0.1, 0.15) is 0 Å². The number of carbonyl (C=O) groups is 1. The zero-order valence-electron chi connectivity index (χ0n) is 10.7. The Morgan fingerprint density at radius 1 is 1.44 bits per heavy atom. The highest BCUT2D eigenvalue weighted by atomic mass is 19.1. The molecule has 0 bridgehead atoms. The van der Waals surface area contributed by atoms with Gasteiger partial charge >= 0.3 is 0 Å². The molecule has 3 nitrogen and oxygen atoms in total. The molecule has 1 fully saturated rings. The SMILES string of the molecule is CC(C)N1CCC(C(=O)N(CF)C(C)C)C1. The fourth-order valence-electron chi connectivity index (χ4n) is 2.14. The van der Waals surface area contributed by atoms with Crippen molar-refractivity contribution < 1.29 is 9.18 Å². The van der Waals surface area contributed by atoms with Crippen molar-refractivity contribution in [1.29, 1.82) is 0 Å². The van der Waals surface area contributed by atoms with Crippen molar-refractivity contribution in [3.8, 4) is 0 Å². The summed E-state index contributed by atoms with van der Waals surface area (Å²) >= 11 is 0. The third-order valence-corrected chi connectivity index (χ3v) is 3.33. The summed E-state index contributed by atoms with van der Waals surface area (Å²) in [4.78, 5) is 15.7. The molecule has 1 aliphatic rings. The Morgan fingerprint density at radius 2 is 2.06 bits per heavy atom. The molecule has 0 aliphatic carbocycles. The Kier molecular flexibility index (Phi) is 4.71. The molecule has 0 aromatic rings. The van der Waals surface area contributed by atoms with E-state index in [2.05, 4.69) is 18.7 Å². The molecule has 1 heterocycles. The van der Waals surface area contributed by atoms with Crippen LogP contribution in [0, 0.1) is 5.92 Å². The second-order valence-electron chi connectivity index (χ2n) is 5.10. The zero-order chi connectivity index (χ0) is 12.3. The lowest BCUT2D eigenvalue weighted by atomic mass is 10.1. The van der Waals surface area contributed by atoms with Gasteiger partial charge in [-0.25, -0.2) is 4.39 Å². The van der Waals surface area contributed by atoms with E-state index < -0.39 is 6.80 Å². The van der Waals surface area contributed by atoms with Crippen LogP contribution in [0.25, 0.3) is 0 Å². The zero-order valence-corrected chi connectivity index (χ0v) is 10.7. The van der Waals surface area contributed by atoms with Gasteiger partial charge in [-0.15, -0.1) is 0 Å². The maximum Gasteiger partial charge on any atom is 0.229 e. The predicted octanol–water partition coefficient (Wildman–Crippen LogP) is 1.88. The second-order valence-corrected chi connectivity index (χ2v) is 5.10. The maximum absolute atomic E-state index is 12.8. The van der Waals surface area contributed by atoms with Gasteiger partial charge in [-0.05, 0) is 40.7 Å². The third-order valence-electron chi connectivity index (χ3n) is 3.33. The summed E-state index contributed by atoms with van der Waals surface area (Å²) in [6, 6.07) is 0.418. The summed E-state index contributed by atoms with van der Waals surface area (Å²) < 4.78 is 12.8. The molecule has 0 aromatic carbocycles. The van der Waals surface area contributed by atoms with Crippen LogP contribution < -0.4 is 0 Å². The molecule has 0 spiro atoms. The molecule has 1 unspecified atom stereocenters. The summed E-state index contributed by atoms with van der Waals surface area (Å²) in [6.07, 6.45) is 0.861. The van der Waals surface area contributed by atoms with Crippen molar-refractivity contribution >= 4 is 5.91 Å². The monoisotopic (exact) mass is 230 g/mol. The lowest BCUT2D eigenvalue weighted by Gasteiger charge is -2.26. The van der Waals surface area contributed by atoms with E-state index in [1.54, 1.807) is 0 Å². The third kappa shape index (κ3) is 2.94.